The number of amides is 1. The van der Waals surface area contributed by atoms with Gasteiger partial charge in [-0.1, -0.05) is 47.6 Å². The number of carbonyl (C=O) groups is 1. The van der Waals surface area contributed by atoms with Gasteiger partial charge in [0.2, 0.25) is 11.1 Å². The molecule has 26 heavy (non-hydrogen) atoms. The maximum absolute atomic E-state index is 13.9. The predicted molar refractivity (Wildman–Crippen MR) is 101 cm³/mol. The van der Waals surface area contributed by atoms with Gasteiger partial charge in [0, 0.05) is 0 Å². The number of nitrogens with zero attached hydrogens (tertiary/aromatic N) is 3. The molecule has 0 bridgehead atoms. The van der Waals surface area contributed by atoms with Crippen molar-refractivity contribution in [3.05, 3.63) is 59.4 Å². The molecule has 1 aromatic heterocycles. The SMILES string of the molecule is C[C@@H](Sc1nnc(-c2ccccc2F)n1N)C(=O)Nc1ccccc1Cl. The summed E-state index contributed by atoms with van der Waals surface area (Å²) >= 11 is 7.15. The fourth-order valence-electron chi connectivity index (χ4n) is 2.19. The molecular formula is C17H15ClFN5OS. The van der Waals surface area contributed by atoms with E-state index < -0.39 is 11.1 Å². The molecule has 0 saturated carbocycles. The fourth-order valence-corrected chi connectivity index (χ4v) is 3.15. The minimum atomic E-state index is -0.522. The maximum Gasteiger partial charge on any atom is 0.237 e. The summed E-state index contributed by atoms with van der Waals surface area (Å²) in [6.45, 7) is 1.70. The van der Waals surface area contributed by atoms with Gasteiger partial charge in [0.1, 0.15) is 5.82 Å². The molecule has 2 aromatic carbocycles. The third-order valence-corrected chi connectivity index (χ3v) is 4.95. The first kappa shape index (κ1) is 18.2. The first-order valence-corrected chi connectivity index (χ1v) is 8.90. The van der Waals surface area contributed by atoms with Crippen LogP contribution in [0.2, 0.25) is 5.02 Å². The molecule has 9 heteroatoms. The molecule has 134 valence electrons. The number of aromatic nitrogens is 3. The van der Waals surface area contributed by atoms with E-state index in [-0.39, 0.29) is 17.3 Å². The number of nitrogens with one attached hydrogen (secondary N) is 1. The van der Waals surface area contributed by atoms with E-state index in [0.29, 0.717) is 15.9 Å². The van der Waals surface area contributed by atoms with Crippen molar-refractivity contribution in [2.45, 2.75) is 17.3 Å². The highest BCUT2D eigenvalue weighted by molar-refractivity contribution is 8.00. The summed E-state index contributed by atoms with van der Waals surface area (Å²) in [5, 5.41) is 10.9. The maximum atomic E-state index is 13.9. The van der Waals surface area contributed by atoms with Crippen molar-refractivity contribution in [3.63, 3.8) is 0 Å². The molecule has 0 aliphatic carbocycles. The first-order chi connectivity index (χ1) is 12.5. The lowest BCUT2D eigenvalue weighted by atomic mass is 10.2. The number of para-hydroxylation sites is 1. The van der Waals surface area contributed by atoms with Crippen LogP contribution in [-0.4, -0.2) is 26.0 Å². The minimum absolute atomic E-state index is 0.185. The molecule has 0 spiro atoms. The van der Waals surface area contributed by atoms with Gasteiger partial charge in [-0.3, -0.25) is 4.79 Å². The Labute approximate surface area is 158 Å². The number of hydrogen-bond donors (Lipinski definition) is 2. The summed E-state index contributed by atoms with van der Waals surface area (Å²) in [6, 6.07) is 13.1. The Kier molecular flexibility index (Phi) is 5.43. The Morgan fingerprint density at radius 2 is 1.92 bits per heavy atom. The Balaban J connectivity index is 1.74. The van der Waals surface area contributed by atoms with Gasteiger partial charge >= 0.3 is 0 Å². The monoisotopic (exact) mass is 391 g/mol. The normalized spacial score (nSPS) is 12.0. The largest absolute Gasteiger partial charge is 0.335 e. The van der Waals surface area contributed by atoms with Crippen molar-refractivity contribution in [3.8, 4) is 11.4 Å². The van der Waals surface area contributed by atoms with Crippen molar-refractivity contribution in [1.29, 1.82) is 0 Å². The quantitative estimate of drug-likeness (QED) is 0.513. The molecule has 0 fully saturated rings. The molecule has 0 saturated heterocycles. The first-order valence-electron chi connectivity index (χ1n) is 7.65. The third-order valence-electron chi connectivity index (χ3n) is 3.56. The zero-order valence-electron chi connectivity index (χ0n) is 13.7. The van der Waals surface area contributed by atoms with Crippen LogP contribution in [0.25, 0.3) is 11.4 Å². The van der Waals surface area contributed by atoms with Gasteiger partial charge in [-0.25, -0.2) is 9.07 Å². The molecule has 0 radical (unpaired) electrons. The summed E-state index contributed by atoms with van der Waals surface area (Å²) < 4.78 is 15.1. The van der Waals surface area contributed by atoms with Gasteiger partial charge in [0.25, 0.3) is 0 Å². The van der Waals surface area contributed by atoms with Gasteiger partial charge in [0.05, 0.1) is 21.5 Å². The molecule has 1 atom stereocenters. The van der Waals surface area contributed by atoms with Gasteiger partial charge in [-0.2, -0.15) is 0 Å². The van der Waals surface area contributed by atoms with Crippen LogP contribution in [0, 0.1) is 5.82 Å². The van der Waals surface area contributed by atoms with Crippen LogP contribution in [0.1, 0.15) is 6.92 Å². The van der Waals surface area contributed by atoms with E-state index in [1.165, 1.54) is 10.7 Å². The number of carbonyl (C=O) groups excluding carboxylic acids is 1. The zero-order valence-corrected chi connectivity index (χ0v) is 15.3. The third kappa shape index (κ3) is 3.81. The highest BCUT2D eigenvalue weighted by Gasteiger charge is 2.21. The van der Waals surface area contributed by atoms with E-state index in [1.807, 2.05) is 0 Å². The van der Waals surface area contributed by atoms with Crippen LogP contribution < -0.4 is 11.2 Å². The second kappa shape index (κ2) is 7.76. The molecule has 1 amide bonds. The Morgan fingerprint density at radius 1 is 1.23 bits per heavy atom. The summed E-state index contributed by atoms with van der Waals surface area (Å²) in [7, 11) is 0. The van der Waals surface area contributed by atoms with Crippen LogP contribution in [0.4, 0.5) is 10.1 Å². The summed E-state index contributed by atoms with van der Waals surface area (Å²) in [6.07, 6.45) is 0. The van der Waals surface area contributed by atoms with Crippen molar-refractivity contribution in [2.24, 2.45) is 0 Å². The lowest BCUT2D eigenvalue weighted by molar-refractivity contribution is -0.115. The molecule has 0 aliphatic heterocycles. The van der Waals surface area contributed by atoms with Crippen molar-refractivity contribution in [2.75, 3.05) is 11.2 Å². The number of nitrogens with two attached hydrogens (primary N) is 1. The average molecular weight is 392 g/mol. The van der Waals surface area contributed by atoms with Gasteiger partial charge < -0.3 is 11.2 Å². The standard InChI is InChI=1S/C17H15ClFN5OS/c1-10(16(25)21-14-9-5-3-7-12(14)18)26-17-23-22-15(24(17)20)11-6-2-4-8-13(11)19/h2-10H,20H2,1H3,(H,21,25)/t10-/m1/s1. The van der Waals surface area contributed by atoms with E-state index in [9.17, 15) is 9.18 Å². The molecule has 3 aromatic rings. The van der Waals surface area contributed by atoms with Gasteiger partial charge in [-0.15, -0.1) is 10.2 Å². The van der Waals surface area contributed by atoms with Crippen LogP contribution in [-0.2, 0) is 4.79 Å². The topological polar surface area (TPSA) is 85.8 Å². The Hall–Kier alpha value is -2.58. The zero-order chi connectivity index (χ0) is 18.7. The van der Waals surface area contributed by atoms with E-state index >= 15 is 0 Å². The number of nitrogen functional groups attached to an aromatic ring is 1. The van der Waals surface area contributed by atoms with Crippen LogP contribution in [0.15, 0.2) is 53.7 Å². The smallest absolute Gasteiger partial charge is 0.237 e. The number of benzene rings is 2. The van der Waals surface area contributed by atoms with E-state index in [0.717, 1.165) is 11.8 Å². The van der Waals surface area contributed by atoms with E-state index in [4.69, 9.17) is 17.4 Å². The summed E-state index contributed by atoms with van der Waals surface area (Å²) in [5.74, 6) is 5.45. The van der Waals surface area contributed by atoms with Crippen LogP contribution >= 0.6 is 23.4 Å². The molecule has 3 N–H and O–H groups in total. The average Bonchev–Trinajstić information content (AvgIpc) is 2.98. The predicted octanol–water partition coefficient (Wildman–Crippen LogP) is 3.57. The fraction of sp³-hybridized carbons (Fsp3) is 0.118. The number of thioether (sulfide) groups is 1. The summed E-state index contributed by atoms with van der Waals surface area (Å²) in [4.78, 5) is 12.4. The summed E-state index contributed by atoms with van der Waals surface area (Å²) in [5.41, 5.74) is 0.760. The van der Waals surface area contributed by atoms with Crippen LogP contribution in [0.5, 0.6) is 0 Å². The molecule has 0 aliphatic rings. The van der Waals surface area contributed by atoms with Crippen LogP contribution in [0.3, 0.4) is 0 Å². The van der Waals surface area contributed by atoms with Crippen molar-refractivity contribution >= 4 is 35.0 Å². The molecular weight excluding hydrogens is 377 g/mol. The number of anilines is 1. The number of halogens is 2. The molecule has 1 heterocycles. The Morgan fingerprint density at radius 3 is 2.65 bits per heavy atom. The molecule has 6 nitrogen and oxygen atoms in total. The second-order valence-electron chi connectivity index (χ2n) is 5.39. The lowest BCUT2D eigenvalue weighted by Gasteiger charge is -2.12. The highest BCUT2D eigenvalue weighted by atomic mass is 35.5. The van der Waals surface area contributed by atoms with E-state index in [1.54, 1.807) is 49.4 Å². The van der Waals surface area contributed by atoms with Crippen molar-refractivity contribution < 1.29 is 9.18 Å². The minimum Gasteiger partial charge on any atom is -0.335 e. The number of rotatable bonds is 5. The van der Waals surface area contributed by atoms with Crippen molar-refractivity contribution in [1.82, 2.24) is 14.9 Å². The Bertz CT molecular complexity index is 948. The molecule has 3 rings (SSSR count). The van der Waals surface area contributed by atoms with Gasteiger partial charge in [-0.05, 0) is 31.2 Å². The molecule has 0 unspecified atom stereocenters. The lowest BCUT2D eigenvalue weighted by Crippen LogP contribution is -2.23. The van der Waals surface area contributed by atoms with Gasteiger partial charge in [0.15, 0.2) is 5.82 Å². The second-order valence-corrected chi connectivity index (χ2v) is 7.10. The number of hydrogen-bond acceptors (Lipinski definition) is 5. The highest BCUT2D eigenvalue weighted by Crippen LogP contribution is 2.27. The van der Waals surface area contributed by atoms with E-state index in [2.05, 4.69) is 15.5 Å².